The van der Waals surface area contributed by atoms with Gasteiger partial charge in [-0.05, 0) is 19.3 Å². The van der Waals surface area contributed by atoms with E-state index >= 15 is 0 Å². The van der Waals surface area contributed by atoms with Gasteiger partial charge in [-0.1, -0.05) is 26.2 Å². The number of anilines is 2. The molecule has 1 aliphatic rings. The van der Waals surface area contributed by atoms with Crippen molar-refractivity contribution in [3.05, 3.63) is 12.0 Å². The number of carbonyl (C=O) groups is 2. The van der Waals surface area contributed by atoms with Gasteiger partial charge in [-0.25, -0.2) is 25.3 Å². The normalized spacial score (nSPS) is 14.6. The molecule has 2 amide bonds. The Kier molecular flexibility index (Phi) is 7.22. The average Bonchev–Trinajstić information content (AvgIpc) is 3.45. The van der Waals surface area contributed by atoms with Crippen LogP contribution in [0.2, 0.25) is 0 Å². The Bertz CT molecular complexity index is 628. The molecule has 26 heavy (non-hydrogen) atoms. The van der Waals surface area contributed by atoms with Crippen molar-refractivity contribution in [3.63, 3.8) is 0 Å². The molecule has 1 fully saturated rings. The van der Waals surface area contributed by atoms with E-state index in [1.54, 1.807) is 0 Å². The van der Waals surface area contributed by atoms with Crippen LogP contribution < -0.4 is 16.2 Å². The topological polar surface area (TPSA) is 125 Å². The van der Waals surface area contributed by atoms with Crippen LogP contribution in [-0.4, -0.2) is 45.1 Å². The predicted octanol–water partition coefficient (Wildman–Crippen LogP) is 1.44. The molecule has 0 radical (unpaired) electrons. The summed E-state index contributed by atoms with van der Waals surface area (Å²) in [7, 11) is 0. The molecule has 10 heteroatoms. The Hall–Kier alpha value is -2.33. The minimum Gasteiger partial charge on any atom is -0.365 e. The number of nitrogens with two attached hydrogens (primary N) is 1. The van der Waals surface area contributed by atoms with Gasteiger partial charge in [0, 0.05) is 6.04 Å². The third-order valence-corrected chi connectivity index (χ3v) is 4.14. The van der Waals surface area contributed by atoms with Crippen molar-refractivity contribution in [1.82, 2.24) is 15.0 Å². The number of hydrogen-bond donors (Lipinski definition) is 3. The highest BCUT2D eigenvalue weighted by molar-refractivity contribution is 5.92. The van der Waals surface area contributed by atoms with Crippen LogP contribution in [0.5, 0.6) is 0 Å². The summed E-state index contributed by atoms with van der Waals surface area (Å²) < 4.78 is 13.8. The second-order valence-electron chi connectivity index (χ2n) is 6.41. The summed E-state index contributed by atoms with van der Waals surface area (Å²) in [4.78, 5) is 31.1. The van der Waals surface area contributed by atoms with Gasteiger partial charge in [0.05, 0.1) is 18.7 Å². The number of hydrogen-bond acceptors (Lipinski definition) is 7. The number of halogens is 1. The van der Waals surface area contributed by atoms with Gasteiger partial charge in [-0.15, -0.1) is 0 Å². The lowest BCUT2D eigenvalue weighted by Crippen LogP contribution is -2.46. The summed E-state index contributed by atoms with van der Waals surface area (Å²) in [5.74, 6) is 3.82. The van der Waals surface area contributed by atoms with Crippen LogP contribution in [-0.2, 0) is 9.59 Å². The van der Waals surface area contributed by atoms with Crippen molar-refractivity contribution in [2.45, 2.75) is 51.5 Å². The Morgan fingerprint density at radius 3 is 2.88 bits per heavy atom. The van der Waals surface area contributed by atoms with E-state index in [9.17, 15) is 19.2 Å². The van der Waals surface area contributed by atoms with Crippen molar-refractivity contribution in [1.29, 1.82) is 0 Å². The monoisotopic (exact) mass is 368 g/mol. The number of rotatable bonds is 11. The van der Waals surface area contributed by atoms with Crippen molar-refractivity contribution in [2.24, 2.45) is 11.8 Å². The summed E-state index contributed by atoms with van der Waals surface area (Å²) in [6.45, 7) is 1.84. The van der Waals surface area contributed by atoms with Crippen molar-refractivity contribution >= 4 is 24.1 Å². The summed E-state index contributed by atoms with van der Waals surface area (Å²) in [5, 5.41) is 13.5. The van der Waals surface area contributed by atoms with Crippen LogP contribution in [0, 0.1) is 11.7 Å². The SMILES string of the molecule is CCCCC[C@@H](CN(O)C=O)C(=O)N(N)c1ncc(F)c(NC2CC2)n1. The lowest BCUT2D eigenvalue weighted by molar-refractivity contribution is -0.154. The molecule has 1 aliphatic carbocycles. The third-order valence-electron chi connectivity index (χ3n) is 4.14. The minimum atomic E-state index is -0.713. The molecule has 1 saturated carbocycles. The maximum Gasteiger partial charge on any atom is 0.249 e. The Balaban J connectivity index is 2.11. The molecule has 1 atom stereocenters. The first-order chi connectivity index (χ1) is 12.5. The molecule has 9 nitrogen and oxygen atoms in total. The van der Waals surface area contributed by atoms with Crippen LogP contribution in [0.1, 0.15) is 45.4 Å². The van der Waals surface area contributed by atoms with Crippen LogP contribution in [0.4, 0.5) is 16.2 Å². The smallest absolute Gasteiger partial charge is 0.249 e. The van der Waals surface area contributed by atoms with Gasteiger partial charge in [-0.2, -0.15) is 4.98 Å². The van der Waals surface area contributed by atoms with Gasteiger partial charge >= 0.3 is 0 Å². The predicted molar refractivity (Wildman–Crippen MR) is 92.5 cm³/mol. The van der Waals surface area contributed by atoms with E-state index in [2.05, 4.69) is 15.3 Å². The number of carbonyl (C=O) groups excluding carboxylic acids is 2. The van der Waals surface area contributed by atoms with E-state index in [1.165, 1.54) is 0 Å². The van der Waals surface area contributed by atoms with Crippen molar-refractivity contribution in [2.75, 3.05) is 16.9 Å². The number of nitrogens with zero attached hydrogens (tertiary/aromatic N) is 4. The van der Waals surface area contributed by atoms with Gasteiger partial charge in [0.1, 0.15) is 0 Å². The molecule has 0 unspecified atom stereocenters. The van der Waals surface area contributed by atoms with Crippen LogP contribution in [0.15, 0.2) is 6.20 Å². The molecule has 0 aliphatic heterocycles. The molecule has 1 aromatic heterocycles. The zero-order chi connectivity index (χ0) is 19.1. The van der Waals surface area contributed by atoms with E-state index in [0.29, 0.717) is 11.5 Å². The minimum absolute atomic E-state index is 0.0000377. The van der Waals surface area contributed by atoms with E-state index in [0.717, 1.165) is 43.3 Å². The van der Waals surface area contributed by atoms with Gasteiger partial charge in [0.2, 0.25) is 18.3 Å². The highest BCUT2D eigenvalue weighted by Gasteiger charge is 2.28. The van der Waals surface area contributed by atoms with Crippen LogP contribution in [0.3, 0.4) is 0 Å². The second-order valence-corrected chi connectivity index (χ2v) is 6.41. The number of hydrazine groups is 1. The molecule has 4 N–H and O–H groups in total. The summed E-state index contributed by atoms with van der Waals surface area (Å²) in [5.41, 5.74) is 0. The Morgan fingerprint density at radius 2 is 2.27 bits per heavy atom. The fourth-order valence-electron chi connectivity index (χ4n) is 2.49. The highest BCUT2D eigenvalue weighted by Crippen LogP contribution is 2.26. The van der Waals surface area contributed by atoms with Gasteiger partial charge < -0.3 is 5.32 Å². The lowest BCUT2D eigenvalue weighted by Gasteiger charge is -2.23. The van der Waals surface area contributed by atoms with Crippen molar-refractivity contribution in [3.8, 4) is 0 Å². The molecule has 144 valence electrons. The zero-order valence-electron chi connectivity index (χ0n) is 14.8. The third kappa shape index (κ3) is 5.60. The summed E-state index contributed by atoms with van der Waals surface area (Å²) in [6, 6.07) is 0.173. The molecule has 2 rings (SSSR count). The number of unbranched alkanes of at least 4 members (excludes halogenated alkanes) is 2. The number of hydroxylamine groups is 2. The summed E-state index contributed by atoms with van der Waals surface area (Å²) >= 11 is 0. The fraction of sp³-hybridized carbons (Fsp3) is 0.625. The molecular formula is C16H25FN6O3. The standard InChI is InChI=1S/C16H25FN6O3/c1-2-3-4-5-11(9-22(26)10-24)15(25)23(18)16-19-8-13(17)14(21-16)20-12-6-7-12/h8,10-12,26H,2-7,9,18H2,1H3,(H,19,20,21)/t11-/m0/s1. The van der Waals surface area contributed by atoms with E-state index in [-0.39, 0.29) is 30.8 Å². The number of aromatic nitrogens is 2. The highest BCUT2D eigenvalue weighted by atomic mass is 19.1. The fourth-order valence-corrected chi connectivity index (χ4v) is 2.49. The first-order valence-corrected chi connectivity index (χ1v) is 8.74. The van der Waals surface area contributed by atoms with Crippen LogP contribution >= 0.6 is 0 Å². The molecule has 0 saturated heterocycles. The average molecular weight is 368 g/mol. The van der Waals surface area contributed by atoms with E-state index < -0.39 is 17.6 Å². The van der Waals surface area contributed by atoms with Gasteiger partial charge in [0.15, 0.2) is 11.6 Å². The first kappa shape index (κ1) is 20.0. The lowest BCUT2D eigenvalue weighted by atomic mass is 10.00. The molecule has 0 spiro atoms. The number of amides is 2. The molecule has 1 aromatic rings. The zero-order valence-corrected chi connectivity index (χ0v) is 14.8. The molecule has 0 aromatic carbocycles. The second kappa shape index (κ2) is 9.39. The quantitative estimate of drug-likeness (QED) is 0.135. The summed E-state index contributed by atoms with van der Waals surface area (Å²) in [6.07, 6.45) is 6.10. The van der Waals surface area contributed by atoms with Crippen LogP contribution in [0.25, 0.3) is 0 Å². The Labute approximate surface area is 151 Å². The molecular weight excluding hydrogens is 343 g/mol. The Morgan fingerprint density at radius 1 is 1.54 bits per heavy atom. The number of nitrogens with one attached hydrogen (secondary N) is 1. The molecule has 0 bridgehead atoms. The van der Waals surface area contributed by atoms with Crippen molar-refractivity contribution < 1.29 is 19.2 Å². The largest absolute Gasteiger partial charge is 0.365 e. The van der Waals surface area contributed by atoms with E-state index in [4.69, 9.17) is 5.84 Å². The van der Waals surface area contributed by atoms with Gasteiger partial charge in [-0.3, -0.25) is 14.8 Å². The van der Waals surface area contributed by atoms with Gasteiger partial charge in [0.25, 0.3) is 0 Å². The van der Waals surface area contributed by atoms with E-state index in [1.807, 2.05) is 6.92 Å². The maximum absolute atomic E-state index is 13.8. The molecule has 1 heterocycles. The maximum atomic E-state index is 13.8. The first-order valence-electron chi connectivity index (χ1n) is 8.74.